The number of carbonyl (C=O) groups is 2. The van der Waals surface area contributed by atoms with Gasteiger partial charge in [-0.2, -0.15) is 5.10 Å². The van der Waals surface area contributed by atoms with Gasteiger partial charge in [0.25, 0.3) is 5.91 Å². The van der Waals surface area contributed by atoms with E-state index in [2.05, 4.69) is 10.5 Å². The number of para-hydroxylation sites is 1. The molecule has 2 aromatic rings. The minimum Gasteiger partial charge on any atom is -0.493 e. The molecule has 0 saturated heterocycles. The summed E-state index contributed by atoms with van der Waals surface area (Å²) < 4.78 is 10.6. The number of nitrogens with zero attached hydrogens (tertiary/aromatic N) is 1. The van der Waals surface area contributed by atoms with Crippen molar-refractivity contribution < 1.29 is 24.2 Å². The number of hydrogen-bond acceptors (Lipinski definition) is 5. The Hall–Kier alpha value is -2.77. The molecule has 1 amide bonds. The van der Waals surface area contributed by atoms with Crippen LogP contribution in [0.2, 0.25) is 10.0 Å². The summed E-state index contributed by atoms with van der Waals surface area (Å²) in [5, 5.41) is 13.5. The molecule has 0 heterocycles. The molecule has 0 aromatic heterocycles. The topological polar surface area (TPSA) is 97.2 Å². The Bertz CT molecular complexity index is 886. The van der Waals surface area contributed by atoms with Crippen molar-refractivity contribution in [2.24, 2.45) is 5.10 Å². The minimum atomic E-state index is -1.13. The van der Waals surface area contributed by atoms with E-state index in [1.54, 1.807) is 18.2 Å². The smallest absolute Gasteiger partial charge is 0.344 e. The van der Waals surface area contributed by atoms with Gasteiger partial charge in [0.05, 0.1) is 23.9 Å². The highest BCUT2D eigenvalue weighted by Gasteiger charge is 2.18. The van der Waals surface area contributed by atoms with E-state index in [0.29, 0.717) is 16.3 Å². The SMILES string of the molecule is COc1cccc(/C=N\NC(=O)c2ccc(Cl)cc2Cl)c1O[C@H](C)C(=O)O. The lowest BCUT2D eigenvalue weighted by molar-refractivity contribution is -0.144. The van der Waals surface area contributed by atoms with Gasteiger partial charge in [0.2, 0.25) is 0 Å². The Morgan fingerprint density at radius 3 is 2.63 bits per heavy atom. The standard InChI is InChI=1S/C18H16Cl2N2O5/c1-10(18(24)25)27-16-11(4-3-5-15(16)26-2)9-21-22-17(23)13-7-6-12(19)8-14(13)20/h3-10H,1-2H3,(H,22,23)(H,24,25)/b21-9-/t10-/m1/s1. The first kappa shape index (κ1) is 20.5. The normalized spacial score (nSPS) is 11.9. The van der Waals surface area contributed by atoms with E-state index in [-0.39, 0.29) is 16.3 Å². The zero-order chi connectivity index (χ0) is 20.0. The monoisotopic (exact) mass is 410 g/mol. The molecule has 0 aliphatic rings. The largest absolute Gasteiger partial charge is 0.493 e. The molecule has 2 rings (SSSR count). The summed E-state index contributed by atoms with van der Waals surface area (Å²) >= 11 is 11.8. The third kappa shape index (κ3) is 5.35. The molecule has 0 bridgehead atoms. The van der Waals surface area contributed by atoms with E-state index in [1.807, 2.05) is 0 Å². The molecule has 0 aliphatic carbocycles. The fourth-order valence-electron chi connectivity index (χ4n) is 2.04. The van der Waals surface area contributed by atoms with Crippen molar-refractivity contribution in [3.63, 3.8) is 0 Å². The fourth-order valence-corrected chi connectivity index (χ4v) is 2.54. The molecular weight excluding hydrogens is 395 g/mol. The van der Waals surface area contributed by atoms with Crippen LogP contribution < -0.4 is 14.9 Å². The van der Waals surface area contributed by atoms with Crippen molar-refractivity contribution in [3.8, 4) is 11.5 Å². The summed E-state index contributed by atoms with van der Waals surface area (Å²) in [5.74, 6) is -1.14. The van der Waals surface area contributed by atoms with Gasteiger partial charge in [-0.25, -0.2) is 10.2 Å². The molecule has 0 saturated carbocycles. The molecule has 0 spiro atoms. The van der Waals surface area contributed by atoms with Gasteiger partial charge in [-0.1, -0.05) is 29.3 Å². The Labute approximate surface area is 165 Å². The van der Waals surface area contributed by atoms with Crippen LogP contribution in [0.1, 0.15) is 22.8 Å². The highest BCUT2D eigenvalue weighted by molar-refractivity contribution is 6.36. The average molecular weight is 411 g/mol. The van der Waals surface area contributed by atoms with E-state index in [1.165, 1.54) is 38.4 Å². The van der Waals surface area contributed by atoms with Crippen molar-refractivity contribution in [1.29, 1.82) is 0 Å². The Morgan fingerprint density at radius 1 is 1.26 bits per heavy atom. The first-order valence-corrected chi connectivity index (χ1v) is 8.44. The van der Waals surface area contributed by atoms with Crippen LogP contribution in [-0.4, -0.2) is 36.4 Å². The maximum absolute atomic E-state index is 12.2. The van der Waals surface area contributed by atoms with Crippen molar-refractivity contribution in [3.05, 3.63) is 57.6 Å². The number of halogens is 2. The number of nitrogens with one attached hydrogen (secondary N) is 1. The molecule has 27 heavy (non-hydrogen) atoms. The molecular formula is C18H16Cl2N2O5. The molecule has 7 nitrogen and oxygen atoms in total. The molecule has 0 radical (unpaired) electrons. The average Bonchev–Trinajstić information content (AvgIpc) is 2.62. The van der Waals surface area contributed by atoms with E-state index >= 15 is 0 Å². The molecule has 2 aromatic carbocycles. The first-order valence-electron chi connectivity index (χ1n) is 7.68. The van der Waals surface area contributed by atoms with Crippen LogP contribution >= 0.6 is 23.2 Å². The van der Waals surface area contributed by atoms with Gasteiger partial charge >= 0.3 is 5.97 Å². The second kappa shape index (κ2) is 9.25. The number of hydrazone groups is 1. The summed E-state index contributed by atoms with van der Waals surface area (Å²) in [5.41, 5.74) is 2.97. The molecule has 2 N–H and O–H groups in total. The van der Waals surface area contributed by atoms with Gasteiger partial charge < -0.3 is 14.6 Å². The number of carbonyl (C=O) groups excluding carboxylic acids is 1. The summed E-state index contributed by atoms with van der Waals surface area (Å²) in [7, 11) is 1.43. The van der Waals surface area contributed by atoms with Gasteiger partial charge in [-0.3, -0.25) is 4.79 Å². The maximum Gasteiger partial charge on any atom is 0.344 e. The highest BCUT2D eigenvalue weighted by atomic mass is 35.5. The second-order valence-corrected chi connectivity index (χ2v) is 6.14. The third-order valence-electron chi connectivity index (χ3n) is 3.42. The van der Waals surface area contributed by atoms with Crippen LogP contribution in [0.5, 0.6) is 11.5 Å². The zero-order valence-electron chi connectivity index (χ0n) is 14.4. The summed E-state index contributed by atoms with van der Waals surface area (Å²) in [6.07, 6.45) is 0.213. The second-order valence-electron chi connectivity index (χ2n) is 5.30. The molecule has 0 unspecified atom stereocenters. The fraction of sp³-hybridized carbons (Fsp3) is 0.167. The van der Waals surface area contributed by atoms with Crippen molar-refractivity contribution in [2.75, 3.05) is 7.11 Å². The van der Waals surface area contributed by atoms with E-state index in [9.17, 15) is 9.59 Å². The zero-order valence-corrected chi connectivity index (χ0v) is 15.9. The molecule has 0 fully saturated rings. The number of methoxy groups -OCH3 is 1. The summed E-state index contributed by atoms with van der Waals surface area (Å²) in [6.45, 7) is 1.39. The number of rotatable bonds is 7. The molecule has 0 aliphatic heterocycles. The van der Waals surface area contributed by atoms with Crippen molar-refractivity contribution >= 4 is 41.3 Å². The summed E-state index contributed by atoms with van der Waals surface area (Å²) in [6, 6.07) is 9.39. The van der Waals surface area contributed by atoms with Gasteiger partial charge in [0.15, 0.2) is 17.6 Å². The van der Waals surface area contributed by atoms with E-state index < -0.39 is 18.0 Å². The van der Waals surface area contributed by atoms with Gasteiger partial charge in [0.1, 0.15) is 0 Å². The Morgan fingerprint density at radius 2 is 2.00 bits per heavy atom. The predicted octanol–water partition coefficient (Wildman–Crippen LogP) is 3.62. The van der Waals surface area contributed by atoms with Crippen LogP contribution in [-0.2, 0) is 4.79 Å². The van der Waals surface area contributed by atoms with Gasteiger partial charge in [-0.05, 0) is 37.3 Å². The number of aliphatic carboxylic acids is 1. The van der Waals surface area contributed by atoms with Gasteiger partial charge in [0, 0.05) is 10.6 Å². The van der Waals surface area contributed by atoms with Crippen LogP contribution in [0, 0.1) is 0 Å². The van der Waals surface area contributed by atoms with E-state index in [0.717, 1.165) is 0 Å². The molecule has 9 heteroatoms. The van der Waals surface area contributed by atoms with Crippen molar-refractivity contribution in [2.45, 2.75) is 13.0 Å². The summed E-state index contributed by atoms with van der Waals surface area (Å²) in [4.78, 5) is 23.2. The number of carboxylic acids is 1. The Balaban J connectivity index is 2.20. The quantitative estimate of drug-likeness (QED) is 0.536. The molecule has 142 valence electrons. The lowest BCUT2D eigenvalue weighted by Crippen LogP contribution is -2.24. The Kier molecular flexibility index (Phi) is 7.04. The van der Waals surface area contributed by atoms with Gasteiger partial charge in [-0.15, -0.1) is 0 Å². The number of amides is 1. The van der Waals surface area contributed by atoms with Crippen LogP contribution in [0.15, 0.2) is 41.5 Å². The lowest BCUT2D eigenvalue weighted by Gasteiger charge is -2.15. The van der Waals surface area contributed by atoms with Crippen LogP contribution in [0.4, 0.5) is 0 Å². The maximum atomic E-state index is 12.2. The lowest BCUT2D eigenvalue weighted by atomic mass is 10.2. The number of benzene rings is 2. The van der Waals surface area contributed by atoms with E-state index in [4.69, 9.17) is 37.8 Å². The third-order valence-corrected chi connectivity index (χ3v) is 3.96. The first-order chi connectivity index (χ1) is 12.8. The highest BCUT2D eigenvalue weighted by Crippen LogP contribution is 2.31. The number of hydrogen-bond donors (Lipinski definition) is 2. The number of ether oxygens (including phenoxy) is 2. The molecule has 1 atom stereocenters. The van der Waals surface area contributed by atoms with Crippen molar-refractivity contribution in [1.82, 2.24) is 5.43 Å². The number of carboxylic acid groups (broad SMARTS) is 1. The van der Waals surface area contributed by atoms with Crippen LogP contribution in [0.3, 0.4) is 0 Å². The minimum absolute atomic E-state index is 0.191. The predicted molar refractivity (Wildman–Crippen MR) is 102 cm³/mol. The van der Waals surface area contributed by atoms with Crippen LogP contribution in [0.25, 0.3) is 0 Å².